The molecule has 0 radical (unpaired) electrons. The van der Waals surface area contributed by atoms with Crippen LogP contribution in [0.4, 0.5) is 5.69 Å². The molecule has 3 N–H and O–H groups in total. The maximum Gasteiger partial charge on any atom is 0.306 e. The van der Waals surface area contributed by atoms with Gasteiger partial charge in [0, 0.05) is 0 Å². The predicted molar refractivity (Wildman–Crippen MR) is 114 cm³/mol. The molecule has 2 unspecified atom stereocenters. The van der Waals surface area contributed by atoms with Crippen molar-refractivity contribution >= 4 is 29.0 Å². The molecule has 0 saturated heterocycles. The Bertz CT molecular complexity index is 904. The summed E-state index contributed by atoms with van der Waals surface area (Å²) in [7, 11) is 0. The highest BCUT2D eigenvalue weighted by Gasteiger charge is 2.36. The fourth-order valence-corrected chi connectivity index (χ4v) is 4.84. The summed E-state index contributed by atoms with van der Waals surface area (Å²) in [4.78, 5) is 24.1. The highest BCUT2D eigenvalue weighted by Crippen LogP contribution is 2.42. The summed E-state index contributed by atoms with van der Waals surface area (Å²) in [5.74, 6) is -1.31. The van der Waals surface area contributed by atoms with Gasteiger partial charge in [-0.05, 0) is 56.6 Å². The van der Waals surface area contributed by atoms with E-state index in [9.17, 15) is 19.8 Å². The zero-order valence-corrected chi connectivity index (χ0v) is 17.2. The number of hydrazone groups is 2. The molecule has 1 heterocycles. The smallest absolute Gasteiger partial charge is 0.306 e. The summed E-state index contributed by atoms with van der Waals surface area (Å²) in [5, 5.41) is 30.3. The van der Waals surface area contributed by atoms with Crippen molar-refractivity contribution in [3.63, 3.8) is 0 Å². The minimum absolute atomic E-state index is 0.0106. The van der Waals surface area contributed by atoms with Gasteiger partial charge in [0.2, 0.25) is 0 Å². The third-order valence-electron chi connectivity index (χ3n) is 6.50. The Balaban J connectivity index is 1.50. The Hall–Kier alpha value is -2.90. The second kappa shape index (κ2) is 8.45. The summed E-state index contributed by atoms with van der Waals surface area (Å²) in [6.07, 6.45) is 7.00. The SMILES string of the molecule is CC1=NN(C2CCCC2)C(=O)C1=NNc1cccc(C2CCCC(C(=O)O)C2)c1O. The van der Waals surface area contributed by atoms with Crippen molar-refractivity contribution in [1.82, 2.24) is 5.01 Å². The molecule has 1 aliphatic heterocycles. The number of aliphatic carboxylic acids is 1. The van der Waals surface area contributed by atoms with Gasteiger partial charge in [-0.3, -0.25) is 15.0 Å². The quantitative estimate of drug-likeness (QED) is 0.504. The van der Waals surface area contributed by atoms with Crippen molar-refractivity contribution in [3.05, 3.63) is 23.8 Å². The van der Waals surface area contributed by atoms with E-state index < -0.39 is 5.97 Å². The van der Waals surface area contributed by atoms with Gasteiger partial charge in [-0.2, -0.15) is 10.2 Å². The van der Waals surface area contributed by atoms with Crippen molar-refractivity contribution in [2.24, 2.45) is 16.1 Å². The highest BCUT2D eigenvalue weighted by molar-refractivity contribution is 6.68. The molecule has 8 nitrogen and oxygen atoms in total. The molecule has 1 aromatic carbocycles. The normalized spacial score (nSPS) is 26.3. The fraction of sp³-hybridized carbons (Fsp3) is 0.545. The topological polar surface area (TPSA) is 115 Å². The highest BCUT2D eigenvalue weighted by atomic mass is 16.4. The van der Waals surface area contributed by atoms with Gasteiger partial charge < -0.3 is 10.2 Å². The molecular formula is C22H28N4O4. The van der Waals surface area contributed by atoms with E-state index in [-0.39, 0.29) is 35.2 Å². The van der Waals surface area contributed by atoms with Gasteiger partial charge in [0.1, 0.15) is 5.75 Å². The van der Waals surface area contributed by atoms with Crippen LogP contribution in [0.3, 0.4) is 0 Å². The number of rotatable bonds is 5. The first kappa shape index (κ1) is 20.4. The molecule has 2 atom stereocenters. The van der Waals surface area contributed by atoms with Crippen molar-refractivity contribution < 1.29 is 19.8 Å². The molecule has 1 amide bonds. The van der Waals surface area contributed by atoms with E-state index in [2.05, 4.69) is 15.6 Å². The lowest BCUT2D eigenvalue weighted by atomic mass is 9.77. The molecule has 0 bridgehead atoms. The molecule has 160 valence electrons. The van der Waals surface area contributed by atoms with Crippen LogP contribution in [0, 0.1) is 5.92 Å². The maximum atomic E-state index is 12.7. The number of amides is 1. The van der Waals surface area contributed by atoms with Gasteiger partial charge >= 0.3 is 5.97 Å². The van der Waals surface area contributed by atoms with Crippen LogP contribution in [-0.2, 0) is 9.59 Å². The predicted octanol–water partition coefficient (Wildman–Crippen LogP) is 3.68. The standard InChI is InChI=1S/C22H28N4O4/c1-13-19(21(28)26(25-13)16-8-2-3-9-16)24-23-18-11-5-10-17(20(18)27)14-6-4-7-15(12-14)22(29)30/h5,10-11,14-16,23,27H,2-4,6-9,12H2,1H3,(H,29,30). The van der Waals surface area contributed by atoms with Gasteiger partial charge in [0.05, 0.1) is 23.4 Å². The number of hydrogen-bond donors (Lipinski definition) is 3. The average molecular weight is 412 g/mol. The molecule has 2 saturated carbocycles. The average Bonchev–Trinajstić information content (AvgIpc) is 3.36. The number of aromatic hydroxyl groups is 1. The number of benzene rings is 1. The van der Waals surface area contributed by atoms with E-state index in [0.29, 0.717) is 24.2 Å². The van der Waals surface area contributed by atoms with Crippen molar-refractivity contribution in [1.29, 1.82) is 0 Å². The van der Waals surface area contributed by atoms with Crippen LogP contribution in [0.15, 0.2) is 28.4 Å². The Morgan fingerprint density at radius 2 is 1.97 bits per heavy atom. The van der Waals surface area contributed by atoms with Crippen LogP contribution < -0.4 is 5.43 Å². The van der Waals surface area contributed by atoms with Crippen LogP contribution in [0.2, 0.25) is 0 Å². The third kappa shape index (κ3) is 3.91. The number of carbonyl (C=O) groups is 2. The van der Waals surface area contributed by atoms with Crippen LogP contribution in [-0.4, -0.2) is 44.6 Å². The van der Waals surface area contributed by atoms with Gasteiger partial charge in [-0.15, -0.1) is 0 Å². The first-order chi connectivity index (χ1) is 14.5. The van der Waals surface area contributed by atoms with Crippen LogP contribution in [0.1, 0.15) is 69.8 Å². The summed E-state index contributed by atoms with van der Waals surface area (Å²) < 4.78 is 0. The molecule has 0 aromatic heterocycles. The Morgan fingerprint density at radius 1 is 1.20 bits per heavy atom. The molecule has 8 heteroatoms. The summed E-state index contributed by atoms with van der Waals surface area (Å²) >= 11 is 0. The largest absolute Gasteiger partial charge is 0.505 e. The van der Waals surface area contributed by atoms with Gasteiger partial charge in [-0.25, -0.2) is 5.01 Å². The van der Waals surface area contributed by atoms with Crippen LogP contribution >= 0.6 is 0 Å². The molecule has 2 aliphatic carbocycles. The Morgan fingerprint density at radius 3 is 2.70 bits per heavy atom. The van der Waals surface area contributed by atoms with E-state index in [0.717, 1.165) is 44.1 Å². The lowest BCUT2D eigenvalue weighted by Gasteiger charge is -2.27. The molecule has 3 aliphatic rings. The number of nitrogens with one attached hydrogen (secondary N) is 1. The fourth-order valence-electron chi connectivity index (χ4n) is 4.84. The minimum Gasteiger partial charge on any atom is -0.505 e. The maximum absolute atomic E-state index is 12.7. The minimum atomic E-state index is -0.777. The number of hydrogen-bond acceptors (Lipinski definition) is 6. The molecule has 30 heavy (non-hydrogen) atoms. The number of carboxylic acid groups (broad SMARTS) is 1. The van der Waals surface area contributed by atoms with Gasteiger partial charge in [0.15, 0.2) is 5.71 Å². The number of carbonyl (C=O) groups excluding carboxylic acids is 1. The third-order valence-corrected chi connectivity index (χ3v) is 6.50. The number of phenols is 1. The van der Waals surface area contributed by atoms with E-state index in [1.807, 2.05) is 12.1 Å². The van der Waals surface area contributed by atoms with E-state index >= 15 is 0 Å². The van der Waals surface area contributed by atoms with Gasteiger partial charge in [-0.1, -0.05) is 31.4 Å². The first-order valence-corrected chi connectivity index (χ1v) is 10.7. The van der Waals surface area contributed by atoms with Crippen molar-refractivity contribution in [3.8, 4) is 5.75 Å². The number of para-hydroxylation sites is 1. The van der Waals surface area contributed by atoms with Gasteiger partial charge in [0.25, 0.3) is 5.91 Å². The summed E-state index contributed by atoms with van der Waals surface area (Å²) in [5.41, 5.74) is 4.78. The summed E-state index contributed by atoms with van der Waals surface area (Å²) in [6, 6.07) is 5.48. The van der Waals surface area contributed by atoms with Crippen LogP contribution in [0.25, 0.3) is 0 Å². The zero-order chi connectivity index (χ0) is 21.3. The Labute approximate surface area is 175 Å². The molecule has 4 rings (SSSR count). The Kier molecular flexibility index (Phi) is 5.74. The molecule has 0 spiro atoms. The number of phenolic OH excluding ortho intramolecular Hbond substituents is 1. The van der Waals surface area contributed by atoms with Crippen LogP contribution in [0.5, 0.6) is 5.75 Å². The molecule has 2 fully saturated rings. The van der Waals surface area contributed by atoms with E-state index in [4.69, 9.17) is 0 Å². The number of carboxylic acids is 1. The monoisotopic (exact) mass is 412 g/mol. The summed E-state index contributed by atoms with van der Waals surface area (Å²) in [6.45, 7) is 1.76. The first-order valence-electron chi connectivity index (χ1n) is 10.7. The van der Waals surface area contributed by atoms with Crippen molar-refractivity contribution in [2.75, 3.05) is 5.43 Å². The number of anilines is 1. The van der Waals surface area contributed by atoms with Crippen molar-refractivity contribution in [2.45, 2.75) is 70.3 Å². The second-order valence-electron chi connectivity index (χ2n) is 8.49. The second-order valence-corrected chi connectivity index (χ2v) is 8.49. The lowest BCUT2D eigenvalue weighted by molar-refractivity contribution is -0.143. The number of nitrogens with zero attached hydrogens (tertiary/aromatic N) is 3. The zero-order valence-electron chi connectivity index (χ0n) is 17.2. The molecular weight excluding hydrogens is 384 g/mol. The van der Waals surface area contributed by atoms with E-state index in [1.165, 1.54) is 0 Å². The lowest BCUT2D eigenvalue weighted by Crippen LogP contribution is -2.34. The van der Waals surface area contributed by atoms with E-state index in [1.54, 1.807) is 18.0 Å². The molecule has 1 aromatic rings.